The van der Waals surface area contributed by atoms with Gasteiger partial charge in [-0.05, 0) is 50.7 Å². The molecule has 0 saturated heterocycles. The maximum atomic E-state index is 5.65. The number of aryl methyl sites for hydroxylation is 1. The van der Waals surface area contributed by atoms with Gasteiger partial charge in [0.05, 0.1) is 6.04 Å². The van der Waals surface area contributed by atoms with Crippen LogP contribution in [0.15, 0.2) is 28.7 Å². The minimum atomic E-state index is 0.327. The van der Waals surface area contributed by atoms with E-state index in [2.05, 4.69) is 30.5 Å². The summed E-state index contributed by atoms with van der Waals surface area (Å²) in [5.74, 6) is 3.75. The van der Waals surface area contributed by atoms with E-state index in [0.29, 0.717) is 12.1 Å². The van der Waals surface area contributed by atoms with Gasteiger partial charge in [0.2, 0.25) is 0 Å². The highest BCUT2D eigenvalue weighted by atomic mass is 16.3. The van der Waals surface area contributed by atoms with E-state index in [4.69, 9.17) is 4.42 Å². The Kier molecular flexibility index (Phi) is 2.40. The van der Waals surface area contributed by atoms with E-state index in [1.54, 1.807) is 0 Å². The van der Waals surface area contributed by atoms with Gasteiger partial charge in [0.25, 0.3) is 0 Å². The Morgan fingerprint density at radius 3 is 3.00 bits per heavy atom. The maximum absolute atomic E-state index is 5.65. The zero-order valence-electron chi connectivity index (χ0n) is 9.94. The lowest BCUT2D eigenvalue weighted by molar-refractivity contribution is 0.148. The van der Waals surface area contributed by atoms with Crippen molar-refractivity contribution in [2.45, 2.75) is 38.8 Å². The second kappa shape index (κ2) is 3.77. The zero-order chi connectivity index (χ0) is 11.1. The summed E-state index contributed by atoms with van der Waals surface area (Å²) in [5.41, 5.74) is 0. The fourth-order valence-corrected chi connectivity index (χ4v) is 3.00. The van der Waals surface area contributed by atoms with Crippen molar-refractivity contribution < 1.29 is 4.42 Å². The van der Waals surface area contributed by atoms with Crippen molar-refractivity contribution in [1.82, 2.24) is 5.32 Å². The lowest BCUT2D eigenvalue weighted by Crippen LogP contribution is -2.48. The average molecular weight is 217 g/mol. The molecule has 1 aromatic heterocycles. The SMILES string of the molecule is Cc1ccc(C(C)NC2CC3CC=CC32)o1. The van der Waals surface area contributed by atoms with Crippen LogP contribution in [0.4, 0.5) is 0 Å². The van der Waals surface area contributed by atoms with Crippen molar-refractivity contribution in [3.05, 3.63) is 35.8 Å². The van der Waals surface area contributed by atoms with Crippen LogP contribution in [0, 0.1) is 18.8 Å². The van der Waals surface area contributed by atoms with Crippen LogP contribution in [-0.2, 0) is 0 Å². The van der Waals surface area contributed by atoms with E-state index in [1.165, 1.54) is 12.8 Å². The summed E-state index contributed by atoms with van der Waals surface area (Å²) >= 11 is 0. The lowest BCUT2D eigenvalue weighted by Gasteiger charge is -2.42. The van der Waals surface area contributed by atoms with Gasteiger partial charge in [-0.2, -0.15) is 0 Å². The van der Waals surface area contributed by atoms with Gasteiger partial charge >= 0.3 is 0 Å². The van der Waals surface area contributed by atoms with Crippen molar-refractivity contribution in [2.24, 2.45) is 11.8 Å². The molecule has 2 heteroatoms. The standard InChI is InChI=1S/C14H19NO/c1-9-6-7-14(16-9)10(2)15-13-8-11-4-3-5-12(11)13/h3,5-7,10-13,15H,4,8H2,1-2H3. The Bertz CT molecular complexity index is 407. The summed E-state index contributed by atoms with van der Waals surface area (Å²) in [6, 6.07) is 5.10. The monoisotopic (exact) mass is 217 g/mol. The van der Waals surface area contributed by atoms with Crippen molar-refractivity contribution >= 4 is 0 Å². The highest BCUT2D eigenvalue weighted by molar-refractivity contribution is 5.15. The number of allylic oxidation sites excluding steroid dienone is 1. The van der Waals surface area contributed by atoms with E-state index in [-0.39, 0.29) is 0 Å². The Morgan fingerprint density at radius 1 is 1.44 bits per heavy atom. The molecule has 16 heavy (non-hydrogen) atoms. The number of fused-ring (bicyclic) bond motifs is 1. The predicted octanol–water partition coefficient (Wildman–Crippen LogP) is 3.20. The Hall–Kier alpha value is -1.02. The van der Waals surface area contributed by atoms with E-state index in [0.717, 1.165) is 23.4 Å². The van der Waals surface area contributed by atoms with Gasteiger partial charge in [0, 0.05) is 6.04 Å². The topological polar surface area (TPSA) is 25.2 Å². The highest BCUT2D eigenvalue weighted by Gasteiger charge is 2.41. The first kappa shape index (κ1) is 10.2. The molecule has 1 N–H and O–H groups in total. The number of furan rings is 1. The number of nitrogens with one attached hydrogen (secondary N) is 1. The summed E-state index contributed by atoms with van der Waals surface area (Å²) < 4.78 is 5.65. The van der Waals surface area contributed by atoms with E-state index < -0.39 is 0 Å². The molecule has 2 aliphatic carbocycles. The third kappa shape index (κ3) is 1.61. The zero-order valence-corrected chi connectivity index (χ0v) is 9.94. The normalized spacial score (nSPS) is 33.5. The summed E-state index contributed by atoms with van der Waals surface area (Å²) in [4.78, 5) is 0. The fourth-order valence-electron chi connectivity index (χ4n) is 3.00. The first-order chi connectivity index (χ1) is 7.74. The van der Waals surface area contributed by atoms with Crippen molar-refractivity contribution in [3.63, 3.8) is 0 Å². The Morgan fingerprint density at radius 2 is 2.31 bits per heavy atom. The molecule has 4 unspecified atom stereocenters. The van der Waals surface area contributed by atoms with Gasteiger partial charge in [-0.1, -0.05) is 12.2 Å². The summed E-state index contributed by atoms with van der Waals surface area (Å²) in [6.45, 7) is 4.18. The molecule has 4 atom stereocenters. The van der Waals surface area contributed by atoms with Gasteiger partial charge in [-0.15, -0.1) is 0 Å². The van der Waals surface area contributed by atoms with Gasteiger partial charge in [0.15, 0.2) is 0 Å². The van der Waals surface area contributed by atoms with Gasteiger partial charge in [-0.3, -0.25) is 0 Å². The third-order valence-corrected chi connectivity index (χ3v) is 4.01. The first-order valence-corrected chi connectivity index (χ1v) is 6.23. The molecule has 1 aromatic rings. The van der Waals surface area contributed by atoms with E-state index >= 15 is 0 Å². The minimum absolute atomic E-state index is 0.327. The highest BCUT2D eigenvalue weighted by Crippen LogP contribution is 2.43. The fraction of sp³-hybridized carbons (Fsp3) is 0.571. The molecule has 0 spiro atoms. The Balaban J connectivity index is 1.61. The van der Waals surface area contributed by atoms with Gasteiger partial charge in [0.1, 0.15) is 11.5 Å². The molecular formula is C14H19NO. The molecule has 0 amide bonds. The Labute approximate surface area is 96.7 Å². The number of hydrogen-bond acceptors (Lipinski definition) is 2. The summed E-state index contributed by atoms with van der Waals surface area (Å²) in [6.07, 6.45) is 7.32. The van der Waals surface area contributed by atoms with Crippen molar-refractivity contribution in [2.75, 3.05) is 0 Å². The number of hydrogen-bond donors (Lipinski definition) is 1. The second-order valence-electron chi connectivity index (χ2n) is 5.18. The maximum Gasteiger partial charge on any atom is 0.120 e. The average Bonchev–Trinajstić information content (AvgIpc) is 2.81. The smallest absolute Gasteiger partial charge is 0.120 e. The third-order valence-electron chi connectivity index (χ3n) is 4.01. The van der Waals surface area contributed by atoms with Gasteiger partial charge < -0.3 is 9.73 Å². The van der Waals surface area contributed by atoms with Crippen LogP contribution < -0.4 is 5.32 Å². The molecule has 0 bridgehead atoms. The van der Waals surface area contributed by atoms with Gasteiger partial charge in [-0.25, -0.2) is 0 Å². The van der Waals surface area contributed by atoms with E-state index in [9.17, 15) is 0 Å². The molecule has 86 valence electrons. The largest absolute Gasteiger partial charge is 0.465 e. The molecule has 0 aliphatic heterocycles. The molecule has 1 fully saturated rings. The van der Waals surface area contributed by atoms with Crippen LogP contribution in [0.5, 0.6) is 0 Å². The van der Waals surface area contributed by atoms with Crippen LogP contribution in [0.3, 0.4) is 0 Å². The van der Waals surface area contributed by atoms with Crippen LogP contribution in [0.2, 0.25) is 0 Å². The van der Waals surface area contributed by atoms with Crippen molar-refractivity contribution in [3.8, 4) is 0 Å². The van der Waals surface area contributed by atoms with Crippen LogP contribution in [0.1, 0.15) is 37.3 Å². The molecule has 2 aliphatic rings. The molecular weight excluding hydrogens is 198 g/mol. The molecule has 0 aromatic carbocycles. The second-order valence-corrected chi connectivity index (χ2v) is 5.18. The summed E-state index contributed by atoms with van der Waals surface area (Å²) in [5, 5.41) is 3.67. The van der Waals surface area contributed by atoms with Crippen molar-refractivity contribution in [1.29, 1.82) is 0 Å². The minimum Gasteiger partial charge on any atom is -0.465 e. The van der Waals surface area contributed by atoms with E-state index in [1.807, 2.05) is 13.0 Å². The molecule has 1 heterocycles. The van der Waals surface area contributed by atoms with Crippen LogP contribution in [-0.4, -0.2) is 6.04 Å². The lowest BCUT2D eigenvalue weighted by atomic mass is 9.71. The quantitative estimate of drug-likeness (QED) is 0.786. The molecule has 3 rings (SSSR count). The van der Waals surface area contributed by atoms with Crippen LogP contribution >= 0.6 is 0 Å². The number of rotatable bonds is 3. The van der Waals surface area contributed by atoms with Crippen LogP contribution in [0.25, 0.3) is 0 Å². The predicted molar refractivity (Wildman–Crippen MR) is 64.1 cm³/mol. The molecule has 0 radical (unpaired) electrons. The molecule has 2 nitrogen and oxygen atoms in total. The summed E-state index contributed by atoms with van der Waals surface area (Å²) in [7, 11) is 0. The first-order valence-electron chi connectivity index (χ1n) is 6.23. The molecule has 1 saturated carbocycles.